The van der Waals surface area contributed by atoms with E-state index in [9.17, 15) is 9.90 Å². The van der Waals surface area contributed by atoms with Crippen molar-refractivity contribution in [2.75, 3.05) is 46.8 Å². The van der Waals surface area contributed by atoms with Gasteiger partial charge in [-0.25, -0.2) is 4.79 Å². The summed E-state index contributed by atoms with van der Waals surface area (Å²) >= 11 is 0. The minimum absolute atomic E-state index is 0.263. The molecule has 1 aliphatic rings. The van der Waals surface area contributed by atoms with Gasteiger partial charge in [0.25, 0.3) is 0 Å². The molecule has 0 radical (unpaired) electrons. The topological polar surface area (TPSA) is 80.3 Å². The molecule has 180 valence electrons. The van der Waals surface area contributed by atoms with Crippen LogP contribution in [0.2, 0.25) is 0 Å². The van der Waals surface area contributed by atoms with E-state index in [0.717, 1.165) is 67.8 Å². The van der Waals surface area contributed by atoms with Gasteiger partial charge in [0.2, 0.25) is 0 Å². The molecule has 2 unspecified atom stereocenters. The molecule has 33 heavy (non-hydrogen) atoms. The number of aliphatic hydroxyl groups excluding tert-OH is 1. The van der Waals surface area contributed by atoms with Gasteiger partial charge in [-0.05, 0) is 92.6 Å². The SMILES string of the molecule is COC(=O)Nc1ccc(CCN(C)CCCC2CCc3cc(OC)c(OC)cc3C2O)cc1. The Bertz CT molecular complexity index is 916. The van der Waals surface area contributed by atoms with E-state index >= 15 is 0 Å². The van der Waals surface area contributed by atoms with Crippen molar-refractivity contribution in [3.05, 3.63) is 53.1 Å². The first-order valence-corrected chi connectivity index (χ1v) is 11.5. The van der Waals surface area contributed by atoms with E-state index in [0.29, 0.717) is 5.75 Å². The van der Waals surface area contributed by atoms with Gasteiger partial charge in [0.1, 0.15) is 0 Å². The zero-order valence-electron chi connectivity index (χ0n) is 20.1. The van der Waals surface area contributed by atoms with Crippen molar-refractivity contribution >= 4 is 11.8 Å². The lowest BCUT2D eigenvalue weighted by Gasteiger charge is -2.31. The Kier molecular flexibility index (Phi) is 8.97. The van der Waals surface area contributed by atoms with Gasteiger partial charge in [-0.2, -0.15) is 0 Å². The third kappa shape index (κ3) is 6.62. The van der Waals surface area contributed by atoms with Crippen molar-refractivity contribution < 1.29 is 24.1 Å². The molecule has 3 rings (SSSR count). The molecule has 0 spiro atoms. The third-order valence-electron chi connectivity index (χ3n) is 6.48. The Hall–Kier alpha value is -2.77. The normalized spacial score (nSPS) is 17.4. The summed E-state index contributed by atoms with van der Waals surface area (Å²) in [6, 6.07) is 11.8. The number of nitrogens with zero attached hydrogens (tertiary/aromatic N) is 1. The number of amides is 1. The molecule has 0 heterocycles. The number of rotatable bonds is 10. The highest BCUT2D eigenvalue weighted by Crippen LogP contribution is 2.41. The fourth-order valence-corrected chi connectivity index (χ4v) is 4.46. The highest BCUT2D eigenvalue weighted by atomic mass is 16.5. The predicted molar refractivity (Wildman–Crippen MR) is 129 cm³/mol. The Labute approximate surface area is 196 Å². The Morgan fingerprint density at radius 3 is 2.45 bits per heavy atom. The van der Waals surface area contributed by atoms with Gasteiger partial charge in [0.05, 0.1) is 27.4 Å². The van der Waals surface area contributed by atoms with E-state index in [2.05, 4.69) is 22.0 Å². The number of methoxy groups -OCH3 is 3. The summed E-state index contributed by atoms with van der Waals surface area (Å²) in [6.07, 6.45) is 3.99. The van der Waals surface area contributed by atoms with Crippen molar-refractivity contribution in [2.24, 2.45) is 5.92 Å². The number of hydrogen-bond acceptors (Lipinski definition) is 6. The predicted octanol–water partition coefficient (Wildman–Crippen LogP) is 4.43. The standard InChI is InChI=1S/C26H36N2O5/c1-28(15-13-18-7-11-21(12-8-18)27-26(30)33-4)14-5-6-19-9-10-20-16-23(31-2)24(32-3)17-22(20)25(19)29/h7-8,11-12,16-17,19,25,29H,5-6,9-10,13-15H2,1-4H3,(H,27,30). The largest absolute Gasteiger partial charge is 0.493 e. The quantitative estimate of drug-likeness (QED) is 0.551. The molecular formula is C26H36N2O5. The lowest BCUT2D eigenvalue weighted by Crippen LogP contribution is -2.25. The number of ether oxygens (including phenoxy) is 3. The molecule has 0 fully saturated rings. The highest BCUT2D eigenvalue weighted by Gasteiger charge is 2.29. The van der Waals surface area contributed by atoms with Crippen molar-refractivity contribution in [3.63, 3.8) is 0 Å². The minimum atomic E-state index is -0.465. The monoisotopic (exact) mass is 456 g/mol. The van der Waals surface area contributed by atoms with Crippen LogP contribution in [0.5, 0.6) is 11.5 Å². The average molecular weight is 457 g/mol. The number of hydrogen-bond donors (Lipinski definition) is 2. The molecule has 0 saturated heterocycles. The summed E-state index contributed by atoms with van der Waals surface area (Å²) in [5, 5.41) is 13.6. The van der Waals surface area contributed by atoms with Crippen LogP contribution in [-0.2, 0) is 17.6 Å². The first kappa shape index (κ1) is 24.9. The van der Waals surface area contributed by atoms with Crippen LogP contribution < -0.4 is 14.8 Å². The molecule has 0 bridgehead atoms. The fraction of sp³-hybridized carbons (Fsp3) is 0.500. The van der Waals surface area contributed by atoms with E-state index in [4.69, 9.17) is 9.47 Å². The number of aryl methyl sites for hydroxylation is 1. The third-order valence-corrected chi connectivity index (χ3v) is 6.48. The molecule has 2 aromatic rings. The van der Waals surface area contributed by atoms with Crippen LogP contribution in [0.15, 0.2) is 36.4 Å². The molecule has 2 aromatic carbocycles. The molecule has 7 nitrogen and oxygen atoms in total. The summed E-state index contributed by atoms with van der Waals surface area (Å²) in [4.78, 5) is 13.6. The number of fused-ring (bicyclic) bond motifs is 1. The van der Waals surface area contributed by atoms with Crippen molar-refractivity contribution in [1.82, 2.24) is 4.90 Å². The second-order valence-corrected chi connectivity index (χ2v) is 8.66. The fourth-order valence-electron chi connectivity index (χ4n) is 4.46. The van der Waals surface area contributed by atoms with Crippen LogP contribution in [0.4, 0.5) is 10.5 Å². The molecule has 0 aromatic heterocycles. The number of benzene rings is 2. The van der Waals surface area contributed by atoms with Crippen LogP contribution in [0.1, 0.15) is 42.1 Å². The summed E-state index contributed by atoms with van der Waals surface area (Å²) in [6.45, 7) is 1.95. The minimum Gasteiger partial charge on any atom is -0.493 e. The Morgan fingerprint density at radius 2 is 1.79 bits per heavy atom. The molecule has 2 N–H and O–H groups in total. The first-order valence-electron chi connectivity index (χ1n) is 11.5. The second-order valence-electron chi connectivity index (χ2n) is 8.66. The molecule has 7 heteroatoms. The van der Waals surface area contributed by atoms with Crippen LogP contribution >= 0.6 is 0 Å². The van der Waals surface area contributed by atoms with Gasteiger partial charge in [-0.1, -0.05) is 12.1 Å². The zero-order chi connectivity index (χ0) is 23.8. The van der Waals surface area contributed by atoms with E-state index < -0.39 is 12.2 Å². The number of carbonyl (C=O) groups is 1. The van der Waals surface area contributed by atoms with Gasteiger partial charge in [0, 0.05) is 12.2 Å². The van der Waals surface area contributed by atoms with Gasteiger partial charge in [-0.3, -0.25) is 5.32 Å². The average Bonchev–Trinajstić information content (AvgIpc) is 2.84. The maximum Gasteiger partial charge on any atom is 0.411 e. The van der Waals surface area contributed by atoms with Crippen LogP contribution in [0.3, 0.4) is 0 Å². The second kappa shape index (κ2) is 11.9. The number of carbonyl (C=O) groups excluding carboxylic acids is 1. The maximum atomic E-state index is 11.3. The number of likely N-dealkylation sites (N-methyl/N-ethyl adjacent to an activating group) is 1. The molecule has 0 saturated carbocycles. The smallest absolute Gasteiger partial charge is 0.411 e. The van der Waals surface area contributed by atoms with Crippen LogP contribution in [0.25, 0.3) is 0 Å². The molecule has 1 amide bonds. The lowest BCUT2D eigenvalue weighted by molar-refractivity contribution is 0.0851. The van der Waals surface area contributed by atoms with Gasteiger partial charge in [0.15, 0.2) is 11.5 Å². The van der Waals surface area contributed by atoms with Crippen LogP contribution in [0, 0.1) is 5.92 Å². The number of anilines is 1. The molecule has 0 aliphatic heterocycles. The molecule has 2 atom stereocenters. The van der Waals surface area contributed by atoms with Crippen molar-refractivity contribution in [1.29, 1.82) is 0 Å². The lowest BCUT2D eigenvalue weighted by atomic mass is 9.79. The Morgan fingerprint density at radius 1 is 1.09 bits per heavy atom. The molecular weight excluding hydrogens is 420 g/mol. The van der Waals surface area contributed by atoms with Crippen molar-refractivity contribution in [2.45, 2.75) is 38.2 Å². The van der Waals surface area contributed by atoms with E-state index in [-0.39, 0.29) is 5.92 Å². The van der Waals surface area contributed by atoms with E-state index in [1.165, 1.54) is 12.7 Å². The number of nitrogens with one attached hydrogen (secondary N) is 1. The van der Waals surface area contributed by atoms with Gasteiger partial charge < -0.3 is 24.2 Å². The zero-order valence-corrected chi connectivity index (χ0v) is 20.1. The first-order chi connectivity index (χ1) is 15.9. The number of aliphatic hydroxyl groups is 1. The Balaban J connectivity index is 1.43. The van der Waals surface area contributed by atoms with E-state index in [1.807, 2.05) is 36.4 Å². The molecule has 1 aliphatic carbocycles. The van der Waals surface area contributed by atoms with Crippen LogP contribution in [-0.4, -0.2) is 57.6 Å². The summed E-state index contributed by atoms with van der Waals surface area (Å²) in [5.74, 6) is 1.65. The van der Waals surface area contributed by atoms with Crippen molar-refractivity contribution in [3.8, 4) is 11.5 Å². The van der Waals surface area contributed by atoms with Gasteiger partial charge >= 0.3 is 6.09 Å². The highest BCUT2D eigenvalue weighted by molar-refractivity contribution is 5.84. The summed E-state index contributed by atoms with van der Waals surface area (Å²) in [7, 11) is 6.75. The summed E-state index contributed by atoms with van der Waals surface area (Å²) < 4.78 is 15.4. The van der Waals surface area contributed by atoms with Gasteiger partial charge in [-0.15, -0.1) is 0 Å². The van der Waals surface area contributed by atoms with E-state index in [1.54, 1.807) is 14.2 Å². The maximum absolute atomic E-state index is 11.3. The summed E-state index contributed by atoms with van der Waals surface area (Å²) in [5.41, 5.74) is 4.08.